The van der Waals surface area contributed by atoms with Crippen LogP contribution in [0.5, 0.6) is 0 Å². The van der Waals surface area contributed by atoms with Gasteiger partial charge in [0, 0.05) is 19.2 Å². The lowest BCUT2D eigenvalue weighted by molar-refractivity contribution is 0.752. The Kier molecular flexibility index (Phi) is 3.07. The van der Waals surface area contributed by atoms with Crippen LogP contribution in [0.3, 0.4) is 0 Å². The maximum atomic E-state index is 4.51. The molecule has 0 atom stereocenters. The summed E-state index contributed by atoms with van der Waals surface area (Å²) in [4.78, 5) is 4.51. The van der Waals surface area contributed by atoms with Gasteiger partial charge in [0.25, 0.3) is 0 Å². The molecule has 15 heavy (non-hydrogen) atoms. The van der Waals surface area contributed by atoms with Gasteiger partial charge in [0.2, 0.25) is 0 Å². The molecule has 0 fully saturated rings. The summed E-state index contributed by atoms with van der Waals surface area (Å²) in [5, 5.41) is 3.14. The first kappa shape index (κ1) is 10.6. The molecule has 80 valence electrons. The lowest BCUT2D eigenvalue weighted by atomic mass is 10.3. The number of aryl methyl sites for hydroxylation is 1. The SMILES string of the molecule is CNCCc1nc(Br)c2ccc(C)cn12. The first-order valence-corrected chi connectivity index (χ1v) is 5.79. The third-order valence-electron chi connectivity index (χ3n) is 2.41. The highest BCUT2D eigenvalue weighted by atomic mass is 79.9. The van der Waals surface area contributed by atoms with Crippen molar-refractivity contribution in [1.82, 2.24) is 14.7 Å². The minimum atomic E-state index is 0.925. The molecule has 0 aromatic carbocycles. The Morgan fingerprint density at radius 1 is 1.47 bits per heavy atom. The molecular formula is C11H14BrN3. The molecule has 0 bridgehead atoms. The predicted octanol–water partition coefficient (Wildman–Crippen LogP) is 2.17. The molecule has 2 aromatic rings. The van der Waals surface area contributed by atoms with Crippen molar-refractivity contribution in [1.29, 1.82) is 0 Å². The molecule has 3 nitrogen and oxygen atoms in total. The zero-order valence-corrected chi connectivity index (χ0v) is 10.5. The van der Waals surface area contributed by atoms with Crippen LogP contribution in [-0.4, -0.2) is 23.0 Å². The van der Waals surface area contributed by atoms with Crippen molar-refractivity contribution in [2.45, 2.75) is 13.3 Å². The number of hydrogen-bond acceptors (Lipinski definition) is 2. The van der Waals surface area contributed by atoms with Crippen molar-refractivity contribution < 1.29 is 0 Å². The van der Waals surface area contributed by atoms with E-state index in [2.05, 4.69) is 55.9 Å². The van der Waals surface area contributed by atoms with Crippen LogP contribution in [0.25, 0.3) is 5.52 Å². The molecule has 0 aliphatic carbocycles. The number of hydrogen-bond donors (Lipinski definition) is 1. The highest BCUT2D eigenvalue weighted by Crippen LogP contribution is 2.19. The average molecular weight is 268 g/mol. The van der Waals surface area contributed by atoms with Gasteiger partial charge in [-0.15, -0.1) is 0 Å². The third kappa shape index (κ3) is 2.06. The van der Waals surface area contributed by atoms with Gasteiger partial charge in [0.15, 0.2) is 0 Å². The van der Waals surface area contributed by atoms with E-state index >= 15 is 0 Å². The van der Waals surface area contributed by atoms with Crippen LogP contribution >= 0.6 is 15.9 Å². The molecule has 2 aromatic heterocycles. The molecule has 0 aliphatic heterocycles. The number of fused-ring (bicyclic) bond motifs is 1. The molecule has 0 unspecified atom stereocenters. The monoisotopic (exact) mass is 267 g/mol. The Morgan fingerprint density at radius 2 is 2.27 bits per heavy atom. The highest BCUT2D eigenvalue weighted by molar-refractivity contribution is 9.10. The van der Waals surface area contributed by atoms with Gasteiger partial charge in [0.1, 0.15) is 10.4 Å². The summed E-state index contributed by atoms with van der Waals surface area (Å²) in [6, 6.07) is 4.19. The summed E-state index contributed by atoms with van der Waals surface area (Å²) >= 11 is 3.48. The molecule has 0 radical (unpaired) electrons. The minimum Gasteiger partial charge on any atom is -0.319 e. The number of imidazole rings is 1. The number of aromatic nitrogens is 2. The third-order valence-corrected chi connectivity index (χ3v) is 3.00. The molecule has 2 rings (SSSR count). The second-order valence-electron chi connectivity index (χ2n) is 3.63. The van der Waals surface area contributed by atoms with Crippen molar-refractivity contribution in [3.63, 3.8) is 0 Å². The van der Waals surface area contributed by atoms with Crippen LogP contribution in [-0.2, 0) is 6.42 Å². The fourth-order valence-corrected chi connectivity index (χ4v) is 2.15. The molecule has 4 heteroatoms. The Morgan fingerprint density at radius 3 is 3.00 bits per heavy atom. The highest BCUT2D eigenvalue weighted by Gasteiger charge is 2.07. The normalized spacial score (nSPS) is 11.1. The first-order chi connectivity index (χ1) is 7.22. The second kappa shape index (κ2) is 4.33. The van der Waals surface area contributed by atoms with Gasteiger partial charge in [-0.3, -0.25) is 0 Å². The number of likely N-dealkylation sites (N-methyl/N-ethyl adjacent to an activating group) is 1. The largest absolute Gasteiger partial charge is 0.319 e. The van der Waals surface area contributed by atoms with E-state index in [4.69, 9.17) is 0 Å². The van der Waals surface area contributed by atoms with Gasteiger partial charge in [0.05, 0.1) is 5.52 Å². The van der Waals surface area contributed by atoms with E-state index in [1.165, 1.54) is 5.56 Å². The zero-order chi connectivity index (χ0) is 10.8. The number of nitrogens with one attached hydrogen (secondary N) is 1. The lowest BCUT2D eigenvalue weighted by Crippen LogP contribution is -2.12. The van der Waals surface area contributed by atoms with Gasteiger partial charge in [-0.25, -0.2) is 4.98 Å². The Labute approximate surface area is 97.6 Å². The molecule has 2 heterocycles. The van der Waals surface area contributed by atoms with E-state index < -0.39 is 0 Å². The summed E-state index contributed by atoms with van der Waals surface area (Å²) in [5.41, 5.74) is 2.38. The minimum absolute atomic E-state index is 0.925. The van der Waals surface area contributed by atoms with Crippen molar-refractivity contribution in [2.24, 2.45) is 0 Å². The molecule has 0 aliphatic rings. The molecular weight excluding hydrogens is 254 g/mol. The zero-order valence-electron chi connectivity index (χ0n) is 8.92. The number of rotatable bonds is 3. The molecule has 0 spiro atoms. The van der Waals surface area contributed by atoms with Crippen LogP contribution in [0.1, 0.15) is 11.4 Å². The van der Waals surface area contributed by atoms with Gasteiger partial charge in [-0.05, 0) is 41.5 Å². The van der Waals surface area contributed by atoms with E-state index in [0.29, 0.717) is 0 Å². The molecule has 0 amide bonds. The topological polar surface area (TPSA) is 29.3 Å². The van der Waals surface area contributed by atoms with Gasteiger partial charge < -0.3 is 9.72 Å². The van der Waals surface area contributed by atoms with E-state index in [1.54, 1.807) is 0 Å². The van der Waals surface area contributed by atoms with Crippen molar-refractivity contribution in [3.05, 3.63) is 34.3 Å². The van der Waals surface area contributed by atoms with Crippen molar-refractivity contribution in [2.75, 3.05) is 13.6 Å². The smallest absolute Gasteiger partial charge is 0.132 e. The van der Waals surface area contributed by atoms with Crippen LogP contribution in [0.2, 0.25) is 0 Å². The van der Waals surface area contributed by atoms with Gasteiger partial charge in [-0.1, -0.05) is 6.07 Å². The summed E-state index contributed by atoms with van der Waals surface area (Å²) in [6.07, 6.45) is 3.06. The Hall–Kier alpha value is -0.870. The number of halogens is 1. The predicted molar refractivity (Wildman–Crippen MR) is 65.3 cm³/mol. The van der Waals surface area contributed by atoms with Crippen LogP contribution in [0.4, 0.5) is 0 Å². The fourth-order valence-electron chi connectivity index (χ4n) is 1.63. The van der Waals surface area contributed by atoms with Crippen LogP contribution < -0.4 is 5.32 Å². The summed E-state index contributed by atoms with van der Waals surface area (Å²) in [6.45, 7) is 3.04. The van der Waals surface area contributed by atoms with E-state index in [0.717, 1.165) is 28.9 Å². The summed E-state index contributed by atoms with van der Waals surface area (Å²) in [7, 11) is 1.95. The maximum absolute atomic E-state index is 4.51. The second-order valence-corrected chi connectivity index (χ2v) is 4.39. The van der Waals surface area contributed by atoms with Crippen LogP contribution in [0, 0.1) is 6.92 Å². The van der Waals surface area contributed by atoms with E-state index in [1.807, 2.05) is 7.05 Å². The Bertz CT molecular complexity index is 476. The molecule has 0 saturated heterocycles. The van der Waals surface area contributed by atoms with Crippen molar-refractivity contribution >= 4 is 21.4 Å². The molecule has 0 saturated carbocycles. The standard InChI is InChI=1S/C11H14BrN3/c1-8-3-4-9-11(12)14-10(5-6-13-2)15(9)7-8/h3-4,7,13H,5-6H2,1-2H3. The fraction of sp³-hybridized carbons (Fsp3) is 0.364. The number of nitrogens with zero attached hydrogens (tertiary/aromatic N) is 2. The van der Waals surface area contributed by atoms with E-state index in [-0.39, 0.29) is 0 Å². The van der Waals surface area contributed by atoms with E-state index in [9.17, 15) is 0 Å². The van der Waals surface area contributed by atoms with Crippen molar-refractivity contribution in [3.8, 4) is 0 Å². The summed E-state index contributed by atoms with van der Waals surface area (Å²) < 4.78 is 3.07. The number of pyridine rings is 1. The average Bonchev–Trinajstić information content (AvgIpc) is 2.52. The lowest BCUT2D eigenvalue weighted by Gasteiger charge is -2.01. The maximum Gasteiger partial charge on any atom is 0.132 e. The van der Waals surface area contributed by atoms with Crippen LogP contribution in [0.15, 0.2) is 22.9 Å². The molecule has 1 N–H and O–H groups in total. The Balaban J connectivity index is 2.49. The van der Waals surface area contributed by atoms with Gasteiger partial charge in [-0.2, -0.15) is 0 Å². The first-order valence-electron chi connectivity index (χ1n) is 5.00. The van der Waals surface area contributed by atoms with Gasteiger partial charge >= 0.3 is 0 Å². The quantitative estimate of drug-likeness (QED) is 0.924. The summed E-state index contributed by atoms with van der Waals surface area (Å²) in [5.74, 6) is 1.09.